The molecule has 0 spiro atoms. The van der Waals surface area contributed by atoms with Gasteiger partial charge in [0.15, 0.2) is 8.32 Å². The van der Waals surface area contributed by atoms with E-state index in [9.17, 15) is 9.18 Å². The number of halogens is 1. The fourth-order valence-electron chi connectivity index (χ4n) is 2.67. The first-order valence-corrected chi connectivity index (χ1v) is 12.3. The van der Waals surface area contributed by atoms with Gasteiger partial charge in [0, 0.05) is 32.9 Å². The number of hydrazine groups is 1. The predicted octanol–water partition coefficient (Wildman–Crippen LogP) is 3.45. The molecule has 5 nitrogen and oxygen atoms in total. The zero-order valence-electron chi connectivity index (χ0n) is 17.3. The van der Waals surface area contributed by atoms with Crippen LogP contribution in [0.1, 0.15) is 36.7 Å². The van der Waals surface area contributed by atoms with Crippen LogP contribution in [-0.2, 0) is 10.8 Å². The second kappa shape index (κ2) is 8.54. The lowest BCUT2D eigenvalue weighted by molar-refractivity contribution is 0.0959. The van der Waals surface area contributed by atoms with Crippen molar-refractivity contribution in [1.29, 1.82) is 0 Å². The van der Waals surface area contributed by atoms with Gasteiger partial charge in [-0.15, -0.1) is 0 Å². The number of hydrogen-bond donors (Lipinski definition) is 2. The second-order valence-corrected chi connectivity index (χ2v) is 13.3. The van der Waals surface area contributed by atoms with Gasteiger partial charge in [0.1, 0.15) is 5.82 Å². The summed E-state index contributed by atoms with van der Waals surface area (Å²) in [4.78, 5) is 11.7. The molecule has 150 valence electrons. The molecular weight excluding hydrogens is 361 g/mol. The molecule has 2 rings (SSSR count). The molecule has 27 heavy (non-hydrogen) atoms. The van der Waals surface area contributed by atoms with Crippen LogP contribution in [0.25, 0.3) is 0 Å². The smallest absolute Gasteiger partial charge is 0.254 e. The summed E-state index contributed by atoms with van der Waals surface area (Å²) in [6.45, 7) is 13.3. The zero-order chi connectivity index (χ0) is 20.2. The van der Waals surface area contributed by atoms with Gasteiger partial charge in [-0.05, 0) is 41.8 Å². The summed E-state index contributed by atoms with van der Waals surface area (Å²) in [5.74, 6) is -0.852. The number of nitrogens with one attached hydrogen (secondary N) is 2. The molecule has 1 aromatic rings. The third kappa shape index (κ3) is 5.40. The van der Waals surface area contributed by atoms with E-state index in [2.05, 4.69) is 49.6 Å². The van der Waals surface area contributed by atoms with Crippen molar-refractivity contribution >= 4 is 14.2 Å². The third-order valence-electron chi connectivity index (χ3n) is 5.44. The predicted molar refractivity (Wildman–Crippen MR) is 109 cm³/mol. The molecule has 1 aliphatic rings. The fraction of sp³-hybridized carbons (Fsp3) is 0.550. The Kier molecular flexibility index (Phi) is 6.83. The Bertz CT molecular complexity index is 714. The van der Waals surface area contributed by atoms with Crippen molar-refractivity contribution in [3.63, 3.8) is 0 Å². The molecule has 0 aromatic heterocycles. The van der Waals surface area contributed by atoms with Crippen molar-refractivity contribution in [2.24, 2.45) is 0 Å². The van der Waals surface area contributed by atoms with Crippen molar-refractivity contribution in [2.75, 3.05) is 26.7 Å². The molecule has 1 heterocycles. The Morgan fingerprint density at radius 1 is 1.37 bits per heavy atom. The highest BCUT2D eigenvalue weighted by atomic mass is 28.4. The van der Waals surface area contributed by atoms with Gasteiger partial charge in [0.25, 0.3) is 5.91 Å². The van der Waals surface area contributed by atoms with E-state index in [1.165, 1.54) is 13.1 Å². The topological polar surface area (TPSA) is 53.6 Å². The molecule has 2 N–H and O–H groups in total. The quantitative estimate of drug-likeness (QED) is 0.697. The minimum absolute atomic E-state index is 0.0844. The van der Waals surface area contributed by atoms with Crippen molar-refractivity contribution in [3.05, 3.63) is 46.9 Å². The van der Waals surface area contributed by atoms with Gasteiger partial charge in [-0.2, -0.15) is 0 Å². The molecule has 0 unspecified atom stereocenters. The lowest BCUT2D eigenvalue weighted by atomic mass is 10.0. The summed E-state index contributed by atoms with van der Waals surface area (Å²) in [6.07, 6.45) is 2.39. The van der Waals surface area contributed by atoms with E-state index in [-0.39, 0.29) is 10.6 Å². The van der Waals surface area contributed by atoms with Crippen LogP contribution in [0.4, 0.5) is 4.39 Å². The van der Waals surface area contributed by atoms with E-state index >= 15 is 0 Å². The maximum absolute atomic E-state index is 14.6. The highest BCUT2D eigenvalue weighted by Crippen LogP contribution is 2.36. The minimum atomic E-state index is -1.74. The van der Waals surface area contributed by atoms with Crippen LogP contribution >= 0.6 is 0 Å². The molecule has 0 saturated heterocycles. The van der Waals surface area contributed by atoms with Crippen LogP contribution in [0, 0.1) is 5.82 Å². The molecule has 1 aliphatic heterocycles. The minimum Gasteiger partial charge on any atom is -0.415 e. The first-order chi connectivity index (χ1) is 12.5. The van der Waals surface area contributed by atoms with Crippen LogP contribution in [0.3, 0.4) is 0 Å². The third-order valence-corrected chi connectivity index (χ3v) is 9.98. The summed E-state index contributed by atoms with van der Waals surface area (Å²) in [5, 5.41) is 4.74. The van der Waals surface area contributed by atoms with Gasteiger partial charge in [0.05, 0.1) is 5.56 Å². The maximum atomic E-state index is 14.6. The molecule has 0 bridgehead atoms. The SMILES string of the molecule is CNC(=O)c1cccc(CC2=CNN(CCO[Si](C)(C)C(C)(C)C)C2)c1F. The van der Waals surface area contributed by atoms with Gasteiger partial charge in [-0.3, -0.25) is 4.79 Å². The van der Waals surface area contributed by atoms with Crippen molar-refractivity contribution in [2.45, 2.75) is 45.3 Å². The maximum Gasteiger partial charge on any atom is 0.254 e. The molecule has 0 fully saturated rings. The monoisotopic (exact) mass is 393 g/mol. The summed E-state index contributed by atoms with van der Waals surface area (Å²) in [7, 11) is -0.240. The molecule has 0 saturated carbocycles. The normalized spacial score (nSPS) is 15.4. The Labute approximate surface area is 163 Å². The highest BCUT2D eigenvalue weighted by molar-refractivity contribution is 6.74. The number of carbonyl (C=O) groups excluding carboxylic acids is 1. The molecule has 1 aromatic carbocycles. The van der Waals surface area contributed by atoms with E-state index in [1.54, 1.807) is 12.1 Å². The second-order valence-electron chi connectivity index (χ2n) is 8.50. The lowest BCUT2D eigenvalue weighted by Gasteiger charge is -2.36. The summed E-state index contributed by atoms with van der Waals surface area (Å²) in [6, 6.07) is 4.95. The Balaban J connectivity index is 1.88. The van der Waals surface area contributed by atoms with E-state index in [1.807, 2.05) is 6.20 Å². The van der Waals surface area contributed by atoms with Gasteiger partial charge in [0.2, 0.25) is 0 Å². The molecule has 0 atom stereocenters. The number of amides is 1. The highest BCUT2D eigenvalue weighted by Gasteiger charge is 2.37. The van der Waals surface area contributed by atoms with E-state index in [4.69, 9.17) is 4.43 Å². The average Bonchev–Trinajstić information content (AvgIpc) is 3.02. The summed E-state index contributed by atoms with van der Waals surface area (Å²) < 4.78 is 20.8. The standard InChI is InChI=1S/C20H32FN3O2Si/c1-20(2,3)27(5,6)26-11-10-24-14-15(13-23-24)12-16-8-7-9-17(18(16)21)19(25)22-4/h7-9,13,23H,10-12,14H2,1-6H3,(H,22,25). The molecule has 1 amide bonds. The van der Waals surface area contributed by atoms with Crippen LogP contribution in [0.5, 0.6) is 0 Å². The summed E-state index contributed by atoms with van der Waals surface area (Å²) in [5.41, 5.74) is 4.92. The van der Waals surface area contributed by atoms with Crippen LogP contribution in [-0.4, -0.2) is 46.0 Å². The first kappa shape index (κ1) is 21.6. The molecule has 0 radical (unpaired) electrons. The number of hydrogen-bond acceptors (Lipinski definition) is 4. The molecule has 7 heteroatoms. The van der Waals surface area contributed by atoms with Crippen molar-refractivity contribution in [1.82, 2.24) is 15.8 Å². The number of rotatable bonds is 7. The fourth-order valence-corrected chi connectivity index (χ4v) is 3.70. The van der Waals surface area contributed by atoms with Gasteiger partial charge < -0.3 is 15.2 Å². The van der Waals surface area contributed by atoms with E-state index in [0.717, 1.165) is 12.1 Å². The van der Waals surface area contributed by atoms with E-state index < -0.39 is 20.0 Å². The van der Waals surface area contributed by atoms with Crippen molar-refractivity contribution in [3.8, 4) is 0 Å². The van der Waals surface area contributed by atoms with E-state index in [0.29, 0.717) is 25.1 Å². The lowest BCUT2D eigenvalue weighted by Crippen LogP contribution is -2.43. The number of nitrogens with zero attached hydrogens (tertiary/aromatic N) is 1. The van der Waals surface area contributed by atoms with Gasteiger partial charge in [-0.1, -0.05) is 32.9 Å². The number of benzene rings is 1. The zero-order valence-corrected chi connectivity index (χ0v) is 18.3. The van der Waals surface area contributed by atoms with Gasteiger partial charge in [-0.25, -0.2) is 9.40 Å². The van der Waals surface area contributed by atoms with Crippen molar-refractivity contribution < 1.29 is 13.6 Å². The first-order valence-electron chi connectivity index (χ1n) is 9.37. The Hall–Kier alpha value is -1.70. The Morgan fingerprint density at radius 2 is 2.07 bits per heavy atom. The largest absolute Gasteiger partial charge is 0.415 e. The van der Waals surface area contributed by atoms with Crippen LogP contribution < -0.4 is 10.7 Å². The Morgan fingerprint density at radius 3 is 2.70 bits per heavy atom. The summed E-state index contributed by atoms with van der Waals surface area (Å²) >= 11 is 0. The average molecular weight is 394 g/mol. The van der Waals surface area contributed by atoms with Gasteiger partial charge >= 0.3 is 0 Å². The van der Waals surface area contributed by atoms with Crippen LogP contribution in [0.2, 0.25) is 18.1 Å². The number of carbonyl (C=O) groups is 1. The molecular formula is C20H32FN3O2Si. The molecule has 0 aliphatic carbocycles. The van der Waals surface area contributed by atoms with Crippen LogP contribution in [0.15, 0.2) is 30.0 Å².